The molecule has 1 unspecified atom stereocenters. The summed E-state index contributed by atoms with van der Waals surface area (Å²) in [5.41, 5.74) is 2.98. The Morgan fingerprint density at radius 3 is 2.53 bits per heavy atom. The first kappa shape index (κ1) is 13.2. The Labute approximate surface area is 114 Å². The van der Waals surface area contributed by atoms with E-state index >= 15 is 0 Å². The van der Waals surface area contributed by atoms with Crippen LogP contribution in [0.2, 0.25) is 0 Å². The largest absolute Gasteiger partial charge is 0.294 e. The third kappa shape index (κ3) is 3.15. The Balaban J connectivity index is 2.20. The predicted molar refractivity (Wildman–Crippen MR) is 75.1 cm³/mol. The van der Waals surface area contributed by atoms with E-state index < -0.39 is 0 Å². The van der Waals surface area contributed by atoms with Crippen LogP contribution in [0.1, 0.15) is 30.0 Å². The van der Waals surface area contributed by atoms with Gasteiger partial charge in [0, 0.05) is 30.9 Å². The molecule has 94 valence electrons. The van der Waals surface area contributed by atoms with Crippen molar-refractivity contribution in [2.24, 2.45) is 0 Å². The zero-order chi connectivity index (χ0) is 12.1. The molecule has 1 aromatic carbocycles. The fourth-order valence-electron chi connectivity index (χ4n) is 2.75. The van der Waals surface area contributed by atoms with Gasteiger partial charge >= 0.3 is 0 Å². The van der Waals surface area contributed by atoms with Gasteiger partial charge in [-0.2, -0.15) is 0 Å². The van der Waals surface area contributed by atoms with E-state index in [0.29, 0.717) is 17.8 Å². The number of alkyl halides is 2. The molecule has 1 aromatic rings. The number of fused-ring (bicyclic) bond motifs is 1. The third-order valence-electron chi connectivity index (χ3n) is 3.52. The molecular weight excluding hydrogens is 253 g/mol. The lowest BCUT2D eigenvalue weighted by Gasteiger charge is -2.35. The van der Waals surface area contributed by atoms with Crippen LogP contribution in [-0.2, 0) is 6.42 Å². The van der Waals surface area contributed by atoms with Gasteiger partial charge in [-0.1, -0.05) is 24.3 Å². The van der Waals surface area contributed by atoms with Crippen molar-refractivity contribution in [1.82, 2.24) is 4.90 Å². The highest BCUT2D eigenvalue weighted by Crippen LogP contribution is 2.33. The summed E-state index contributed by atoms with van der Waals surface area (Å²) in [4.78, 5) is 2.43. The molecule has 0 bridgehead atoms. The standard InChI is InChI=1S/C14H19Cl2N/c15-8-10-17(11-9-16)14-7-3-5-12-4-1-2-6-13(12)14/h1-2,4,6,14H,3,5,7-11H2. The minimum absolute atomic E-state index is 0.512. The van der Waals surface area contributed by atoms with Crippen LogP contribution in [0.5, 0.6) is 0 Å². The van der Waals surface area contributed by atoms with Crippen molar-refractivity contribution in [1.29, 1.82) is 0 Å². The van der Waals surface area contributed by atoms with Crippen molar-refractivity contribution in [3.63, 3.8) is 0 Å². The van der Waals surface area contributed by atoms with Crippen LogP contribution in [0.15, 0.2) is 24.3 Å². The van der Waals surface area contributed by atoms with Crippen LogP contribution < -0.4 is 0 Å². The first-order valence-corrected chi connectivity index (χ1v) is 7.37. The Hall–Kier alpha value is -0.240. The van der Waals surface area contributed by atoms with E-state index in [9.17, 15) is 0 Å². The molecule has 0 amide bonds. The van der Waals surface area contributed by atoms with Crippen molar-refractivity contribution in [3.05, 3.63) is 35.4 Å². The molecule has 0 aliphatic heterocycles. The maximum absolute atomic E-state index is 5.89. The molecule has 0 saturated heterocycles. The topological polar surface area (TPSA) is 3.24 Å². The molecule has 0 radical (unpaired) electrons. The molecule has 1 aliphatic rings. The second kappa shape index (κ2) is 6.63. The molecule has 2 rings (SSSR count). The Morgan fingerprint density at radius 2 is 1.82 bits per heavy atom. The summed E-state index contributed by atoms with van der Waals surface area (Å²) in [5, 5.41) is 0. The maximum atomic E-state index is 5.89. The lowest BCUT2D eigenvalue weighted by Crippen LogP contribution is -2.34. The summed E-state index contributed by atoms with van der Waals surface area (Å²) in [5.74, 6) is 1.35. The van der Waals surface area contributed by atoms with Crippen LogP contribution in [0.25, 0.3) is 0 Å². The van der Waals surface area contributed by atoms with Gasteiger partial charge in [0.1, 0.15) is 0 Å². The van der Waals surface area contributed by atoms with E-state index in [1.807, 2.05) is 0 Å². The van der Waals surface area contributed by atoms with Crippen LogP contribution >= 0.6 is 23.2 Å². The number of aryl methyl sites for hydroxylation is 1. The second-order valence-corrected chi connectivity index (χ2v) is 5.28. The normalized spacial score (nSPS) is 19.4. The van der Waals surface area contributed by atoms with E-state index in [2.05, 4.69) is 29.2 Å². The molecule has 0 aromatic heterocycles. The highest BCUT2D eigenvalue weighted by Gasteiger charge is 2.24. The molecule has 0 spiro atoms. The van der Waals surface area contributed by atoms with Gasteiger partial charge in [-0.15, -0.1) is 23.2 Å². The van der Waals surface area contributed by atoms with Crippen molar-refractivity contribution >= 4 is 23.2 Å². The molecule has 17 heavy (non-hydrogen) atoms. The maximum Gasteiger partial charge on any atom is 0.0351 e. The number of hydrogen-bond acceptors (Lipinski definition) is 1. The summed E-state index contributed by atoms with van der Waals surface area (Å²) < 4.78 is 0. The van der Waals surface area contributed by atoms with Gasteiger partial charge in [0.2, 0.25) is 0 Å². The quantitative estimate of drug-likeness (QED) is 0.736. The first-order valence-electron chi connectivity index (χ1n) is 6.30. The lowest BCUT2D eigenvalue weighted by atomic mass is 9.87. The molecule has 0 heterocycles. The van der Waals surface area contributed by atoms with Gasteiger partial charge in [0.15, 0.2) is 0 Å². The fraction of sp³-hybridized carbons (Fsp3) is 0.571. The summed E-state index contributed by atoms with van der Waals surface area (Å²) in [6.45, 7) is 1.85. The Kier molecular flexibility index (Phi) is 5.15. The first-order chi connectivity index (χ1) is 8.36. The van der Waals surface area contributed by atoms with Gasteiger partial charge in [-0.3, -0.25) is 4.90 Å². The highest BCUT2D eigenvalue weighted by molar-refractivity contribution is 6.18. The highest BCUT2D eigenvalue weighted by atomic mass is 35.5. The molecule has 1 nitrogen and oxygen atoms in total. The van der Waals surface area contributed by atoms with Gasteiger partial charge < -0.3 is 0 Å². The van der Waals surface area contributed by atoms with E-state index in [4.69, 9.17) is 23.2 Å². The van der Waals surface area contributed by atoms with E-state index in [1.54, 1.807) is 0 Å². The lowest BCUT2D eigenvalue weighted by molar-refractivity contribution is 0.200. The zero-order valence-corrected chi connectivity index (χ0v) is 11.6. The average molecular weight is 272 g/mol. The molecule has 1 atom stereocenters. The molecule has 0 N–H and O–H groups in total. The number of halogens is 2. The van der Waals surface area contributed by atoms with Gasteiger partial charge in [0.25, 0.3) is 0 Å². The number of hydrogen-bond donors (Lipinski definition) is 0. The molecule has 0 fully saturated rings. The summed E-state index contributed by atoms with van der Waals surface area (Å²) >= 11 is 11.8. The van der Waals surface area contributed by atoms with Crippen LogP contribution in [0.3, 0.4) is 0 Å². The molecule has 0 saturated carbocycles. The van der Waals surface area contributed by atoms with E-state index in [0.717, 1.165) is 13.1 Å². The Morgan fingerprint density at radius 1 is 1.12 bits per heavy atom. The molecule has 3 heteroatoms. The number of rotatable bonds is 5. The molecular formula is C14H19Cl2N. The third-order valence-corrected chi connectivity index (χ3v) is 3.86. The molecule has 1 aliphatic carbocycles. The van der Waals surface area contributed by atoms with E-state index in [1.165, 1.54) is 30.4 Å². The second-order valence-electron chi connectivity index (χ2n) is 4.52. The predicted octanol–water partition coefficient (Wildman–Crippen LogP) is 3.84. The van der Waals surface area contributed by atoms with Crippen LogP contribution in [0.4, 0.5) is 0 Å². The van der Waals surface area contributed by atoms with E-state index in [-0.39, 0.29) is 0 Å². The summed E-state index contributed by atoms with van der Waals surface area (Å²) in [6, 6.07) is 9.29. The summed E-state index contributed by atoms with van der Waals surface area (Å²) in [6.07, 6.45) is 3.70. The number of benzene rings is 1. The summed E-state index contributed by atoms with van der Waals surface area (Å²) in [7, 11) is 0. The van der Waals surface area contributed by atoms with Crippen molar-refractivity contribution in [2.75, 3.05) is 24.8 Å². The Bertz CT molecular complexity index is 348. The minimum atomic E-state index is 0.512. The van der Waals surface area contributed by atoms with Gasteiger partial charge in [-0.25, -0.2) is 0 Å². The fourth-order valence-corrected chi connectivity index (χ4v) is 3.18. The zero-order valence-electron chi connectivity index (χ0n) is 10.0. The average Bonchev–Trinajstić information content (AvgIpc) is 2.38. The monoisotopic (exact) mass is 271 g/mol. The SMILES string of the molecule is ClCCN(CCCl)C1CCCc2ccccc21. The van der Waals surface area contributed by atoms with Gasteiger partial charge in [-0.05, 0) is 30.4 Å². The van der Waals surface area contributed by atoms with Gasteiger partial charge in [0.05, 0.1) is 0 Å². The smallest absolute Gasteiger partial charge is 0.0351 e. The minimum Gasteiger partial charge on any atom is -0.294 e. The van der Waals surface area contributed by atoms with Crippen LogP contribution in [0, 0.1) is 0 Å². The number of nitrogens with zero attached hydrogens (tertiary/aromatic N) is 1. The van der Waals surface area contributed by atoms with Crippen molar-refractivity contribution in [3.8, 4) is 0 Å². The van der Waals surface area contributed by atoms with Crippen LogP contribution in [-0.4, -0.2) is 29.7 Å². The van der Waals surface area contributed by atoms with Crippen molar-refractivity contribution in [2.45, 2.75) is 25.3 Å². The van der Waals surface area contributed by atoms with Crippen molar-refractivity contribution < 1.29 is 0 Å².